The summed E-state index contributed by atoms with van der Waals surface area (Å²) < 4.78 is 20.3. The van der Waals surface area contributed by atoms with Crippen molar-refractivity contribution in [2.45, 2.75) is 0 Å². The number of rotatable bonds is 7. The van der Waals surface area contributed by atoms with Crippen molar-refractivity contribution in [1.82, 2.24) is 9.13 Å². The molecule has 0 aliphatic heterocycles. The summed E-state index contributed by atoms with van der Waals surface area (Å²) in [5, 5.41) is 7.31. The first-order chi connectivity index (χ1) is 28.6. The molecule has 4 heteroatoms. The van der Waals surface area contributed by atoms with Crippen molar-refractivity contribution in [2.24, 2.45) is 0 Å². The molecule has 3 nitrogen and oxygen atoms in total. The van der Waals surface area contributed by atoms with E-state index in [0.29, 0.717) is 0 Å². The Labute approximate surface area is 337 Å². The Morgan fingerprint density at radius 3 is 1.22 bits per heavy atom. The van der Waals surface area contributed by atoms with Crippen LogP contribution in [0.15, 0.2) is 224 Å². The molecular weight excluding hydrogens is 724 g/mol. The van der Waals surface area contributed by atoms with E-state index >= 15 is 4.57 Å². The molecule has 274 valence electrons. The van der Waals surface area contributed by atoms with Gasteiger partial charge in [-0.3, -0.25) is 0 Å². The van der Waals surface area contributed by atoms with Gasteiger partial charge in [0.2, 0.25) is 0 Å². The Bertz CT molecular complexity index is 3330. The third-order valence-electron chi connectivity index (χ3n) is 11.6. The highest BCUT2D eigenvalue weighted by Crippen LogP contribution is 2.44. The fraction of sp³-hybridized carbons (Fsp3) is 0. The molecule has 0 saturated heterocycles. The van der Waals surface area contributed by atoms with Crippen molar-refractivity contribution in [3.8, 4) is 33.6 Å². The van der Waals surface area contributed by atoms with Gasteiger partial charge in [-0.25, -0.2) is 0 Å². The summed E-state index contributed by atoms with van der Waals surface area (Å²) in [6, 6.07) is 78.4. The maximum atomic E-state index is 15.6. The van der Waals surface area contributed by atoms with Crippen LogP contribution in [0.2, 0.25) is 0 Å². The molecule has 0 aliphatic rings. The molecular formula is C54H37N2OP. The van der Waals surface area contributed by atoms with Crippen LogP contribution in [0.3, 0.4) is 0 Å². The zero-order valence-electron chi connectivity index (χ0n) is 31.6. The third-order valence-corrected chi connectivity index (χ3v) is 14.7. The van der Waals surface area contributed by atoms with E-state index in [0.717, 1.165) is 55.1 Å². The minimum absolute atomic E-state index is 0.810. The first kappa shape index (κ1) is 34.1. The zero-order chi connectivity index (χ0) is 38.6. The largest absolute Gasteiger partial charge is 0.309 e. The quantitative estimate of drug-likeness (QED) is 0.149. The van der Waals surface area contributed by atoms with Crippen LogP contribution in [0.5, 0.6) is 0 Å². The van der Waals surface area contributed by atoms with Gasteiger partial charge in [0, 0.05) is 48.8 Å². The number of hydrogen-bond donors (Lipinski definition) is 0. The Hall–Kier alpha value is -7.19. The van der Waals surface area contributed by atoms with E-state index in [4.69, 9.17) is 0 Å². The van der Waals surface area contributed by atoms with Crippen molar-refractivity contribution >= 4 is 66.7 Å². The molecule has 0 N–H and O–H groups in total. The number of aromatic nitrogens is 2. The van der Waals surface area contributed by atoms with E-state index in [-0.39, 0.29) is 0 Å². The lowest BCUT2D eigenvalue weighted by Gasteiger charge is -2.21. The Balaban J connectivity index is 0.973. The summed E-state index contributed by atoms with van der Waals surface area (Å²) >= 11 is 0. The van der Waals surface area contributed by atoms with Crippen molar-refractivity contribution < 1.29 is 4.57 Å². The highest BCUT2D eigenvalue weighted by Gasteiger charge is 2.30. The SMILES string of the molecule is O=P(c1ccccc1)(c1ccc(-c2ccc3c(c2)c2ccccc2n3-c2ccccc2)cc1)c1ccc(-c2ccc3c4ccccc4n(-c4ccccc4)c3c2)cc1. The Morgan fingerprint density at radius 2 is 0.655 bits per heavy atom. The van der Waals surface area contributed by atoms with E-state index in [9.17, 15) is 0 Å². The van der Waals surface area contributed by atoms with Crippen molar-refractivity contribution in [3.63, 3.8) is 0 Å². The number of nitrogens with zero attached hydrogens (tertiary/aromatic N) is 2. The smallest absolute Gasteiger partial charge is 0.171 e. The van der Waals surface area contributed by atoms with Crippen molar-refractivity contribution in [3.05, 3.63) is 224 Å². The van der Waals surface area contributed by atoms with Crippen LogP contribution in [0.25, 0.3) is 77.2 Å². The van der Waals surface area contributed by atoms with E-state index < -0.39 is 7.14 Å². The van der Waals surface area contributed by atoms with E-state index in [2.05, 4.69) is 203 Å². The fourth-order valence-electron chi connectivity index (χ4n) is 8.83. The molecule has 2 aromatic heterocycles. The van der Waals surface area contributed by atoms with Crippen molar-refractivity contribution in [1.29, 1.82) is 0 Å². The minimum atomic E-state index is -3.22. The minimum Gasteiger partial charge on any atom is -0.309 e. The van der Waals surface area contributed by atoms with Gasteiger partial charge in [-0.15, -0.1) is 0 Å². The van der Waals surface area contributed by atoms with Crippen LogP contribution in [0.4, 0.5) is 0 Å². The molecule has 0 spiro atoms. The van der Waals surface area contributed by atoms with Crippen LogP contribution < -0.4 is 15.9 Å². The lowest BCUT2D eigenvalue weighted by atomic mass is 10.0. The Kier molecular flexibility index (Phi) is 8.10. The monoisotopic (exact) mass is 760 g/mol. The normalized spacial score (nSPS) is 12.7. The molecule has 0 saturated carbocycles. The van der Waals surface area contributed by atoms with Crippen LogP contribution in [0, 0.1) is 0 Å². The summed E-state index contributed by atoms with van der Waals surface area (Å²) in [6.07, 6.45) is 0. The summed E-state index contributed by atoms with van der Waals surface area (Å²) in [5.74, 6) is 0. The molecule has 1 atom stereocenters. The average molecular weight is 761 g/mol. The molecule has 2 heterocycles. The number of benzene rings is 9. The van der Waals surface area contributed by atoms with Gasteiger partial charge in [-0.05, 0) is 76.9 Å². The van der Waals surface area contributed by atoms with Gasteiger partial charge < -0.3 is 13.7 Å². The molecule has 58 heavy (non-hydrogen) atoms. The molecule has 0 bridgehead atoms. The van der Waals surface area contributed by atoms with Crippen LogP contribution in [0.1, 0.15) is 0 Å². The maximum absolute atomic E-state index is 15.6. The van der Waals surface area contributed by atoms with Crippen LogP contribution >= 0.6 is 7.14 Å². The summed E-state index contributed by atoms with van der Waals surface area (Å²) in [6.45, 7) is 0. The van der Waals surface area contributed by atoms with Crippen molar-refractivity contribution in [2.75, 3.05) is 0 Å². The summed E-state index contributed by atoms with van der Waals surface area (Å²) in [4.78, 5) is 0. The van der Waals surface area contributed by atoms with Crippen LogP contribution in [-0.2, 0) is 4.57 Å². The molecule has 9 aromatic carbocycles. The van der Waals surface area contributed by atoms with E-state index in [1.807, 2.05) is 30.3 Å². The number of hydrogen-bond acceptors (Lipinski definition) is 1. The Morgan fingerprint density at radius 1 is 0.276 bits per heavy atom. The van der Waals surface area contributed by atoms with Gasteiger partial charge in [0.15, 0.2) is 7.14 Å². The molecule has 0 radical (unpaired) electrons. The van der Waals surface area contributed by atoms with Gasteiger partial charge in [0.25, 0.3) is 0 Å². The molecule has 11 rings (SSSR count). The highest BCUT2D eigenvalue weighted by atomic mass is 31.2. The average Bonchev–Trinajstić information content (AvgIpc) is 3.82. The summed E-state index contributed by atoms with van der Waals surface area (Å²) in [7, 11) is -3.22. The van der Waals surface area contributed by atoms with Gasteiger partial charge >= 0.3 is 0 Å². The lowest BCUT2D eigenvalue weighted by Crippen LogP contribution is -2.24. The number of para-hydroxylation sites is 4. The second-order valence-electron chi connectivity index (χ2n) is 14.9. The molecule has 1 unspecified atom stereocenters. The highest BCUT2D eigenvalue weighted by molar-refractivity contribution is 7.85. The third kappa shape index (κ3) is 5.47. The lowest BCUT2D eigenvalue weighted by molar-refractivity contribution is 0.592. The number of fused-ring (bicyclic) bond motifs is 6. The van der Waals surface area contributed by atoms with Gasteiger partial charge in [0.05, 0.1) is 22.1 Å². The fourth-order valence-corrected chi connectivity index (χ4v) is 11.5. The second kappa shape index (κ2) is 13.8. The maximum Gasteiger partial charge on any atom is 0.171 e. The molecule has 0 fully saturated rings. The topological polar surface area (TPSA) is 26.9 Å². The first-order valence-corrected chi connectivity index (χ1v) is 21.4. The predicted molar refractivity (Wildman–Crippen MR) is 245 cm³/mol. The van der Waals surface area contributed by atoms with Gasteiger partial charge in [-0.1, -0.05) is 170 Å². The first-order valence-electron chi connectivity index (χ1n) is 19.7. The van der Waals surface area contributed by atoms with Crippen LogP contribution in [-0.4, -0.2) is 9.13 Å². The second-order valence-corrected chi connectivity index (χ2v) is 17.6. The predicted octanol–water partition coefficient (Wildman–Crippen LogP) is 12.9. The molecule has 0 aliphatic carbocycles. The molecule has 11 aromatic rings. The van der Waals surface area contributed by atoms with Gasteiger partial charge in [0.1, 0.15) is 0 Å². The standard InChI is InChI=1S/C54H37N2OP/c57-58(44-18-8-3-9-19-44,45-30-24-38(25-31-45)40-29-35-53-50(36-40)48-21-11-13-23-52(48)55(53)42-14-4-1-5-15-42)46-32-26-39(27-33-46)41-28-34-49-47-20-10-12-22-51(47)56(54(49)37-41)43-16-6-2-7-17-43/h1-37H. The van der Waals surface area contributed by atoms with E-state index in [1.165, 1.54) is 38.1 Å². The zero-order valence-corrected chi connectivity index (χ0v) is 32.5. The molecule has 0 amide bonds. The summed E-state index contributed by atoms with van der Waals surface area (Å²) in [5.41, 5.74) is 11.4. The van der Waals surface area contributed by atoms with E-state index in [1.54, 1.807) is 0 Å². The van der Waals surface area contributed by atoms with Gasteiger partial charge in [-0.2, -0.15) is 0 Å².